The maximum atomic E-state index is 13.1. The number of nitrogens with one attached hydrogen (secondary N) is 3. The van der Waals surface area contributed by atoms with Crippen LogP contribution in [-0.2, 0) is 33.2 Å². The molecule has 0 bridgehead atoms. The van der Waals surface area contributed by atoms with Crippen LogP contribution in [0.5, 0.6) is 0 Å². The van der Waals surface area contributed by atoms with E-state index in [1.807, 2.05) is 13.8 Å². The van der Waals surface area contributed by atoms with Crippen LogP contribution in [0.4, 0.5) is 9.59 Å². The highest BCUT2D eigenvalue weighted by molar-refractivity contribution is 5.81. The Kier molecular flexibility index (Phi) is 15.9. The van der Waals surface area contributed by atoms with Crippen LogP contribution >= 0.6 is 0 Å². The van der Waals surface area contributed by atoms with Crippen molar-refractivity contribution in [2.75, 3.05) is 13.2 Å². The first-order valence-corrected chi connectivity index (χ1v) is 18.1. The molecule has 2 aliphatic heterocycles. The van der Waals surface area contributed by atoms with Gasteiger partial charge in [-0.05, 0) is 73.1 Å². The van der Waals surface area contributed by atoms with Crippen molar-refractivity contribution in [2.24, 2.45) is 11.7 Å². The van der Waals surface area contributed by atoms with Gasteiger partial charge in [0.25, 0.3) is 5.91 Å². The Balaban J connectivity index is 1.86. The van der Waals surface area contributed by atoms with Gasteiger partial charge in [0.2, 0.25) is 0 Å². The summed E-state index contributed by atoms with van der Waals surface area (Å²) in [6.45, 7) is 12.9. The van der Waals surface area contributed by atoms with Gasteiger partial charge in [0.15, 0.2) is 12.6 Å². The number of rotatable bonds is 12. The lowest BCUT2D eigenvalue weighted by Crippen LogP contribution is -2.66. The Morgan fingerprint density at radius 3 is 2.00 bits per heavy atom. The number of carbonyl (C=O) groups excluding carboxylic acids is 3. The third-order valence-corrected chi connectivity index (χ3v) is 9.22. The number of ether oxygens (including phenoxy) is 6. The number of hydrogen-bond acceptors (Lipinski definition) is 15. The molecule has 14 atom stereocenters. The van der Waals surface area contributed by atoms with Gasteiger partial charge in [-0.3, -0.25) is 4.79 Å². The number of alkyl carbamates (subject to hydrolysis) is 2. The SMILES string of the molecule is CCC1CCC(NC(=O)C(O)CNC(=O)OC(C)(C)C)C(OC2C(NC(=O)OC(C)(C)C)CC(CC)C(OC3OC(CO)C(O)C(N)C3O)C2O)O1. The van der Waals surface area contributed by atoms with E-state index in [-0.39, 0.29) is 12.5 Å². The predicted octanol–water partition coefficient (Wildman–Crippen LogP) is -0.507. The molecular formula is C34H62N4O14. The maximum Gasteiger partial charge on any atom is 0.407 e. The van der Waals surface area contributed by atoms with Gasteiger partial charge in [-0.1, -0.05) is 20.3 Å². The van der Waals surface area contributed by atoms with E-state index in [9.17, 15) is 39.9 Å². The maximum absolute atomic E-state index is 13.1. The second-order valence-corrected chi connectivity index (χ2v) is 15.8. The summed E-state index contributed by atoms with van der Waals surface area (Å²) in [4.78, 5) is 38.2. The van der Waals surface area contributed by atoms with E-state index in [1.165, 1.54) is 0 Å². The largest absolute Gasteiger partial charge is 0.444 e. The molecule has 14 unspecified atom stereocenters. The zero-order valence-corrected chi connectivity index (χ0v) is 31.5. The van der Waals surface area contributed by atoms with Crippen molar-refractivity contribution in [1.82, 2.24) is 16.0 Å². The first-order chi connectivity index (χ1) is 24.2. The number of aliphatic hydroxyl groups is 5. The molecule has 0 aromatic heterocycles. The van der Waals surface area contributed by atoms with Crippen molar-refractivity contribution in [3.05, 3.63) is 0 Å². The lowest BCUT2D eigenvalue weighted by Gasteiger charge is -2.49. The smallest absolute Gasteiger partial charge is 0.407 e. The van der Waals surface area contributed by atoms with Crippen molar-refractivity contribution in [3.63, 3.8) is 0 Å². The highest BCUT2D eigenvalue weighted by Gasteiger charge is 2.51. The Hall–Kier alpha value is -2.39. The van der Waals surface area contributed by atoms with Crippen LogP contribution < -0.4 is 21.7 Å². The first-order valence-electron chi connectivity index (χ1n) is 18.1. The fourth-order valence-corrected chi connectivity index (χ4v) is 6.49. The number of amides is 3. The Labute approximate surface area is 305 Å². The van der Waals surface area contributed by atoms with Gasteiger partial charge in [0.1, 0.15) is 47.8 Å². The van der Waals surface area contributed by atoms with E-state index in [1.54, 1.807) is 41.5 Å². The molecule has 0 spiro atoms. The van der Waals surface area contributed by atoms with Crippen LogP contribution in [0.3, 0.4) is 0 Å². The molecule has 2 saturated heterocycles. The van der Waals surface area contributed by atoms with Crippen molar-refractivity contribution < 1.29 is 68.3 Å². The summed E-state index contributed by atoms with van der Waals surface area (Å²) in [7, 11) is 0. The number of carbonyl (C=O) groups is 3. The van der Waals surface area contributed by atoms with Gasteiger partial charge < -0.3 is 75.6 Å². The topological polar surface area (TPSA) is 270 Å². The summed E-state index contributed by atoms with van der Waals surface area (Å²) in [5, 5.41) is 61.3. The summed E-state index contributed by atoms with van der Waals surface area (Å²) in [6, 6.07) is -2.89. The van der Waals surface area contributed by atoms with E-state index in [2.05, 4.69) is 16.0 Å². The molecule has 3 aliphatic rings. The first kappa shape index (κ1) is 44.0. The molecule has 0 radical (unpaired) electrons. The average molecular weight is 751 g/mol. The monoisotopic (exact) mass is 750 g/mol. The Morgan fingerprint density at radius 2 is 1.42 bits per heavy atom. The van der Waals surface area contributed by atoms with Gasteiger partial charge >= 0.3 is 12.2 Å². The number of hydrogen-bond donors (Lipinski definition) is 9. The van der Waals surface area contributed by atoms with Crippen molar-refractivity contribution in [3.8, 4) is 0 Å². The van der Waals surface area contributed by atoms with Crippen molar-refractivity contribution in [2.45, 2.75) is 178 Å². The molecule has 3 amide bonds. The van der Waals surface area contributed by atoms with Gasteiger partial charge in [-0.15, -0.1) is 0 Å². The summed E-state index contributed by atoms with van der Waals surface area (Å²) in [5.74, 6) is -1.24. The average Bonchev–Trinajstić information content (AvgIpc) is 3.05. The van der Waals surface area contributed by atoms with E-state index in [0.717, 1.165) is 0 Å². The van der Waals surface area contributed by atoms with E-state index < -0.39 is 122 Å². The molecular weight excluding hydrogens is 688 g/mol. The molecule has 0 aromatic rings. The molecule has 18 nitrogen and oxygen atoms in total. The van der Waals surface area contributed by atoms with Crippen molar-refractivity contribution in [1.29, 1.82) is 0 Å². The predicted molar refractivity (Wildman–Crippen MR) is 183 cm³/mol. The molecule has 1 saturated carbocycles. The molecule has 1 aliphatic carbocycles. The van der Waals surface area contributed by atoms with Crippen LogP contribution in [-0.4, -0.2) is 148 Å². The van der Waals surface area contributed by atoms with Gasteiger partial charge in [-0.25, -0.2) is 9.59 Å². The molecule has 10 N–H and O–H groups in total. The van der Waals surface area contributed by atoms with Crippen LogP contribution in [0.25, 0.3) is 0 Å². The zero-order valence-electron chi connectivity index (χ0n) is 31.5. The third kappa shape index (κ3) is 12.3. The molecule has 52 heavy (non-hydrogen) atoms. The van der Waals surface area contributed by atoms with Crippen LogP contribution in [0.2, 0.25) is 0 Å². The summed E-state index contributed by atoms with van der Waals surface area (Å²) < 4.78 is 35.2. The van der Waals surface area contributed by atoms with Gasteiger partial charge in [0, 0.05) is 0 Å². The molecule has 0 aromatic carbocycles. The molecule has 302 valence electrons. The van der Waals surface area contributed by atoms with Crippen LogP contribution in [0.15, 0.2) is 0 Å². The Bertz CT molecular complexity index is 1170. The van der Waals surface area contributed by atoms with Gasteiger partial charge in [-0.2, -0.15) is 0 Å². The summed E-state index contributed by atoms with van der Waals surface area (Å²) in [6.07, 6.45) is -11.7. The van der Waals surface area contributed by atoms with Crippen molar-refractivity contribution >= 4 is 18.1 Å². The van der Waals surface area contributed by atoms with E-state index in [0.29, 0.717) is 25.7 Å². The minimum Gasteiger partial charge on any atom is -0.444 e. The fraction of sp³-hybridized carbons (Fsp3) is 0.912. The van der Waals surface area contributed by atoms with E-state index in [4.69, 9.17) is 34.2 Å². The molecule has 2 heterocycles. The highest BCUT2D eigenvalue weighted by Crippen LogP contribution is 2.36. The Morgan fingerprint density at radius 1 is 0.808 bits per heavy atom. The van der Waals surface area contributed by atoms with E-state index >= 15 is 0 Å². The lowest BCUT2D eigenvalue weighted by atomic mass is 9.77. The fourth-order valence-electron chi connectivity index (χ4n) is 6.49. The third-order valence-electron chi connectivity index (χ3n) is 9.22. The summed E-state index contributed by atoms with van der Waals surface area (Å²) >= 11 is 0. The second-order valence-electron chi connectivity index (χ2n) is 15.8. The quantitative estimate of drug-likeness (QED) is 0.122. The zero-order chi connectivity index (χ0) is 39.1. The minimum atomic E-state index is -1.64. The standard InChI is InChI=1S/C34H62N4O14/c1-9-16-13-19(38-32(46)52-34(6,7)8)27(25(43)26(16)49-30-24(42)22(35)23(41)21(15-39)48-30)50-29-18(12-11-17(10-2)47-29)37-28(44)20(40)14-36-31(45)51-33(3,4)5/h16-27,29-30,39-43H,9-15,35H2,1-8H3,(H,36,45)(H,37,44)(H,38,46). The van der Waals surface area contributed by atoms with Gasteiger partial charge in [0.05, 0.1) is 43.5 Å². The molecule has 3 fully saturated rings. The normalized spacial score (nSPS) is 36.3. The van der Waals surface area contributed by atoms with Crippen LogP contribution in [0, 0.1) is 5.92 Å². The summed E-state index contributed by atoms with van der Waals surface area (Å²) in [5.41, 5.74) is 4.40. The minimum absolute atomic E-state index is 0.207. The molecule has 18 heteroatoms. The highest BCUT2D eigenvalue weighted by atomic mass is 16.7. The lowest BCUT2D eigenvalue weighted by molar-refractivity contribution is -0.319. The molecule has 3 rings (SSSR count). The number of nitrogens with two attached hydrogens (primary N) is 1. The van der Waals surface area contributed by atoms with Crippen LogP contribution in [0.1, 0.15) is 87.5 Å². The number of aliphatic hydroxyl groups excluding tert-OH is 5. The second kappa shape index (κ2) is 18.8.